The zero-order chi connectivity index (χ0) is 22.5. The molecule has 0 bridgehead atoms. The first-order chi connectivity index (χ1) is 14.8. The van der Waals surface area contributed by atoms with Gasteiger partial charge in [0.1, 0.15) is 22.8 Å². The topological polar surface area (TPSA) is 120 Å². The van der Waals surface area contributed by atoms with Crippen LogP contribution in [-0.2, 0) is 16.0 Å². The number of hydrogen-bond acceptors (Lipinski definition) is 6. The number of rotatable bonds is 9. The van der Waals surface area contributed by atoms with Gasteiger partial charge in [0.2, 0.25) is 5.91 Å². The molecule has 0 radical (unpaired) electrons. The number of benzene rings is 2. The molecule has 0 spiro atoms. The molecule has 0 saturated carbocycles. The van der Waals surface area contributed by atoms with Crippen molar-refractivity contribution in [3.8, 4) is 11.5 Å². The van der Waals surface area contributed by atoms with E-state index in [1.54, 1.807) is 24.3 Å². The molecule has 162 valence electrons. The Morgan fingerprint density at radius 1 is 1.13 bits per heavy atom. The summed E-state index contributed by atoms with van der Waals surface area (Å²) in [5, 5.41) is 10.3. The fraction of sp³-hybridized carbons (Fsp3) is 0.261. The van der Waals surface area contributed by atoms with Gasteiger partial charge in [-0.05, 0) is 59.3 Å². The summed E-state index contributed by atoms with van der Waals surface area (Å²) >= 11 is 1.94. The van der Waals surface area contributed by atoms with Crippen LogP contribution in [0.1, 0.15) is 54.3 Å². The van der Waals surface area contributed by atoms with E-state index in [1.165, 1.54) is 12.1 Å². The molecular weight excluding hydrogens is 513 g/mol. The molecule has 7 nitrogen and oxygen atoms in total. The fourth-order valence-electron chi connectivity index (χ4n) is 3.15. The van der Waals surface area contributed by atoms with Crippen LogP contribution in [0.3, 0.4) is 0 Å². The van der Waals surface area contributed by atoms with E-state index in [0.29, 0.717) is 43.6 Å². The van der Waals surface area contributed by atoms with Gasteiger partial charge in [-0.3, -0.25) is 14.4 Å². The van der Waals surface area contributed by atoms with E-state index >= 15 is 0 Å². The third-order valence-electron chi connectivity index (χ3n) is 4.74. The highest BCUT2D eigenvalue weighted by Crippen LogP contribution is 2.33. The van der Waals surface area contributed by atoms with Gasteiger partial charge in [0.05, 0.1) is 9.13 Å². The predicted octanol–water partition coefficient (Wildman–Crippen LogP) is 4.49. The van der Waals surface area contributed by atoms with Crippen LogP contribution in [-0.4, -0.2) is 22.8 Å². The number of phenols is 1. The zero-order valence-electron chi connectivity index (χ0n) is 16.9. The molecule has 8 heteroatoms. The zero-order valence-corrected chi connectivity index (χ0v) is 19.1. The number of hydrogen-bond donors (Lipinski definition) is 2. The Kier molecular flexibility index (Phi) is 7.32. The van der Waals surface area contributed by atoms with Crippen molar-refractivity contribution in [1.29, 1.82) is 0 Å². The Balaban J connectivity index is 2.01. The molecule has 3 rings (SSSR count). The average molecular weight is 535 g/mol. The van der Waals surface area contributed by atoms with Crippen molar-refractivity contribution in [2.45, 2.75) is 39.0 Å². The second-order valence-corrected chi connectivity index (χ2v) is 8.26. The molecule has 0 aliphatic heterocycles. The number of unbranched alkanes of at least 4 members (excludes halogenated alkanes) is 1. The molecule has 1 aromatic heterocycles. The van der Waals surface area contributed by atoms with Crippen LogP contribution in [0.5, 0.6) is 11.5 Å². The number of aromatic hydroxyl groups is 1. The summed E-state index contributed by atoms with van der Waals surface area (Å²) in [6.45, 7) is 1.99. The first kappa shape index (κ1) is 22.8. The van der Waals surface area contributed by atoms with Crippen LogP contribution in [0, 0.1) is 3.57 Å². The molecule has 3 aromatic rings. The Hall–Kier alpha value is -2.88. The molecule has 0 fully saturated rings. The lowest BCUT2D eigenvalue weighted by atomic mass is 9.98. The van der Waals surface area contributed by atoms with Crippen LogP contribution in [0.2, 0.25) is 0 Å². The molecule has 0 saturated heterocycles. The van der Waals surface area contributed by atoms with Crippen molar-refractivity contribution in [3.05, 3.63) is 56.9 Å². The number of esters is 1. The number of halogens is 1. The highest BCUT2D eigenvalue weighted by atomic mass is 127. The summed E-state index contributed by atoms with van der Waals surface area (Å²) in [6.07, 6.45) is 2.12. The van der Waals surface area contributed by atoms with Gasteiger partial charge in [-0.15, -0.1) is 0 Å². The minimum absolute atomic E-state index is 0.0199. The summed E-state index contributed by atoms with van der Waals surface area (Å²) in [5.74, 6) is -0.417. The second-order valence-electron chi connectivity index (χ2n) is 7.10. The number of primary amides is 1. The lowest BCUT2D eigenvalue weighted by molar-refractivity contribution is -0.134. The van der Waals surface area contributed by atoms with Gasteiger partial charge >= 0.3 is 5.97 Å². The first-order valence-electron chi connectivity index (χ1n) is 9.87. The maximum atomic E-state index is 13.3. The third kappa shape index (κ3) is 5.43. The number of furan rings is 1. The van der Waals surface area contributed by atoms with E-state index in [4.69, 9.17) is 14.9 Å². The Morgan fingerprint density at radius 3 is 2.58 bits per heavy atom. The van der Waals surface area contributed by atoms with Crippen molar-refractivity contribution in [3.63, 3.8) is 0 Å². The molecule has 31 heavy (non-hydrogen) atoms. The second kappa shape index (κ2) is 9.95. The van der Waals surface area contributed by atoms with Crippen molar-refractivity contribution >= 4 is 51.2 Å². The number of amides is 1. The lowest BCUT2D eigenvalue weighted by Gasteiger charge is -2.05. The lowest BCUT2D eigenvalue weighted by Crippen LogP contribution is -2.12. The highest BCUT2D eigenvalue weighted by Gasteiger charge is 2.23. The quantitative estimate of drug-likeness (QED) is 0.180. The molecule has 1 amide bonds. The van der Waals surface area contributed by atoms with Crippen LogP contribution < -0.4 is 10.5 Å². The molecule has 3 N–H and O–H groups in total. The number of fused-ring (bicyclic) bond motifs is 1. The van der Waals surface area contributed by atoms with Gasteiger partial charge in [0, 0.05) is 36.3 Å². The molecule has 0 aliphatic rings. The SMILES string of the molecule is CCCCC(=O)Oc1ccc2c(C(=O)c3ccc(O)c(I)c3)c(CCC(N)=O)oc2c1. The Labute approximate surface area is 192 Å². The maximum absolute atomic E-state index is 13.3. The molecule has 1 heterocycles. The summed E-state index contributed by atoms with van der Waals surface area (Å²) in [4.78, 5) is 36.5. The number of aryl methyl sites for hydroxylation is 1. The van der Waals surface area contributed by atoms with Crippen molar-refractivity contribution in [2.75, 3.05) is 0 Å². The van der Waals surface area contributed by atoms with Crippen LogP contribution in [0.15, 0.2) is 40.8 Å². The summed E-state index contributed by atoms with van der Waals surface area (Å²) < 4.78 is 11.8. The standard InChI is InChI=1S/C23H22INO6/c1-2-3-4-21(28)30-14-6-7-15-19(12-14)31-18(9-10-20(25)27)22(15)23(29)13-5-8-17(26)16(24)11-13/h5-8,11-12,26H,2-4,9-10H2,1H3,(H2,25,27). The first-order valence-corrected chi connectivity index (χ1v) is 11.0. The predicted molar refractivity (Wildman–Crippen MR) is 123 cm³/mol. The van der Waals surface area contributed by atoms with E-state index in [2.05, 4.69) is 0 Å². The van der Waals surface area contributed by atoms with Gasteiger partial charge in [-0.2, -0.15) is 0 Å². The fourth-order valence-corrected chi connectivity index (χ4v) is 3.66. The molecule has 2 aromatic carbocycles. The summed E-state index contributed by atoms with van der Waals surface area (Å²) in [5.41, 5.74) is 6.34. The number of ether oxygens (including phenoxy) is 1. The molecule has 0 aliphatic carbocycles. The van der Waals surface area contributed by atoms with Crippen LogP contribution in [0.4, 0.5) is 0 Å². The number of carbonyl (C=O) groups is 3. The third-order valence-corrected chi connectivity index (χ3v) is 5.60. The van der Waals surface area contributed by atoms with E-state index < -0.39 is 5.91 Å². The highest BCUT2D eigenvalue weighted by molar-refractivity contribution is 14.1. The van der Waals surface area contributed by atoms with E-state index in [-0.39, 0.29) is 30.3 Å². The number of phenolic OH excluding ortho intramolecular Hbond substituents is 1. The van der Waals surface area contributed by atoms with Gasteiger partial charge in [-0.25, -0.2) is 0 Å². The molecular formula is C23H22INO6. The monoisotopic (exact) mass is 535 g/mol. The van der Waals surface area contributed by atoms with Gasteiger partial charge < -0.3 is 20.0 Å². The normalized spacial score (nSPS) is 10.9. The molecule has 0 unspecified atom stereocenters. The van der Waals surface area contributed by atoms with Crippen LogP contribution in [0.25, 0.3) is 11.0 Å². The number of ketones is 1. The van der Waals surface area contributed by atoms with Gasteiger partial charge in [-0.1, -0.05) is 13.3 Å². The van der Waals surface area contributed by atoms with Crippen molar-refractivity contribution in [1.82, 2.24) is 0 Å². The smallest absolute Gasteiger partial charge is 0.311 e. The van der Waals surface area contributed by atoms with Gasteiger partial charge in [0.15, 0.2) is 5.78 Å². The molecule has 0 atom stereocenters. The average Bonchev–Trinajstić information content (AvgIpc) is 3.09. The summed E-state index contributed by atoms with van der Waals surface area (Å²) in [6, 6.07) is 9.39. The van der Waals surface area contributed by atoms with E-state index in [0.717, 1.165) is 12.8 Å². The minimum atomic E-state index is -0.511. The van der Waals surface area contributed by atoms with Gasteiger partial charge in [0.25, 0.3) is 0 Å². The van der Waals surface area contributed by atoms with E-state index in [9.17, 15) is 19.5 Å². The van der Waals surface area contributed by atoms with E-state index in [1.807, 2.05) is 29.5 Å². The minimum Gasteiger partial charge on any atom is -0.507 e. The maximum Gasteiger partial charge on any atom is 0.311 e. The van der Waals surface area contributed by atoms with Crippen molar-refractivity contribution < 1.29 is 28.6 Å². The Morgan fingerprint density at radius 2 is 1.90 bits per heavy atom. The summed E-state index contributed by atoms with van der Waals surface area (Å²) in [7, 11) is 0. The van der Waals surface area contributed by atoms with Crippen molar-refractivity contribution in [2.24, 2.45) is 5.73 Å². The van der Waals surface area contributed by atoms with Crippen LogP contribution >= 0.6 is 22.6 Å². The number of carbonyl (C=O) groups excluding carboxylic acids is 3. The largest absolute Gasteiger partial charge is 0.507 e. The number of nitrogens with two attached hydrogens (primary N) is 1. The Bertz CT molecular complexity index is 1150.